The average Bonchev–Trinajstić information content (AvgIpc) is 2.47. The van der Waals surface area contributed by atoms with Crippen molar-refractivity contribution in [3.8, 4) is 0 Å². The van der Waals surface area contributed by atoms with Crippen molar-refractivity contribution in [2.75, 3.05) is 18.4 Å². The Balaban J connectivity index is 1.97. The fourth-order valence-electron chi connectivity index (χ4n) is 2.47. The Morgan fingerprint density at radius 1 is 1.27 bits per heavy atom. The number of halogens is 1. The van der Waals surface area contributed by atoms with E-state index in [-0.39, 0.29) is 28.3 Å². The number of amides is 2. The van der Waals surface area contributed by atoms with Crippen LogP contribution in [0.3, 0.4) is 0 Å². The molecule has 118 valence electrons. The van der Waals surface area contributed by atoms with Crippen molar-refractivity contribution in [1.82, 2.24) is 4.90 Å². The molecule has 1 aromatic carbocycles. The summed E-state index contributed by atoms with van der Waals surface area (Å²) in [6.45, 7) is 2.67. The molecule has 0 atom stereocenters. The second kappa shape index (κ2) is 6.79. The summed E-state index contributed by atoms with van der Waals surface area (Å²) < 4.78 is 0. The maximum atomic E-state index is 12.2. The van der Waals surface area contributed by atoms with E-state index in [2.05, 4.69) is 5.32 Å². The Morgan fingerprint density at radius 2 is 1.91 bits per heavy atom. The number of nitrogens with zero attached hydrogens (tertiary/aromatic N) is 1. The smallest absolute Gasteiger partial charge is 0.337 e. The Kier molecular flexibility index (Phi) is 5.03. The molecule has 2 N–H and O–H groups in total. The van der Waals surface area contributed by atoms with Gasteiger partial charge in [-0.2, -0.15) is 0 Å². The fraction of sp³-hybridized carbons (Fsp3) is 0.400. The van der Waals surface area contributed by atoms with Gasteiger partial charge < -0.3 is 15.3 Å². The first-order valence-corrected chi connectivity index (χ1v) is 7.35. The van der Waals surface area contributed by atoms with Crippen LogP contribution < -0.4 is 5.32 Å². The van der Waals surface area contributed by atoms with E-state index >= 15 is 0 Å². The third-order valence-corrected chi connectivity index (χ3v) is 4.09. The van der Waals surface area contributed by atoms with Gasteiger partial charge in [0.25, 0.3) is 0 Å². The van der Waals surface area contributed by atoms with Gasteiger partial charge in [0.2, 0.25) is 11.8 Å². The maximum absolute atomic E-state index is 12.2. The number of carbonyl (C=O) groups excluding carboxylic acids is 2. The van der Waals surface area contributed by atoms with Crippen molar-refractivity contribution >= 4 is 35.1 Å². The number of piperidine rings is 1. The Morgan fingerprint density at radius 3 is 2.41 bits per heavy atom. The average molecular weight is 325 g/mol. The molecule has 0 aliphatic carbocycles. The molecule has 0 radical (unpaired) electrons. The predicted octanol–water partition coefficient (Wildman–Crippen LogP) is 2.24. The van der Waals surface area contributed by atoms with Crippen LogP contribution in [0.2, 0.25) is 5.02 Å². The lowest BCUT2D eigenvalue weighted by Gasteiger charge is -2.30. The molecule has 1 aliphatic rings. The van der Waals surface area contributed by atoms with Gasteiger partial charge in [0.1, 0.15) is 0 Å². The van der Waals surface area contributed by atoms with Gasteiger partial charge in [0.05, 0.1) is 10.6 Å². The van der Waals surface area contributed by atoms with E-state index in [1.807, 2.05) is 0 Å². The molecule has 1 aromatic rings. The molecule has 7 heteroatoms. The summed E-state index contributed by atoms with van der Waals surface area (Å²) in [4.78, 5) is 36.1. The number of carboxylic acid groups (broad SMARTS) is 1. The maximum Gasteiger partial charge on any atom is 0.337 e. The van der Waals surface area contributed by atoms with Crippen LogP contribution in [0.25, 0.3) is 0 Å². The van der Waals surface area contributed by atoms with E-state index < -0.39 is 5.97 Å². The van der Waals surface area contributed by atoms with Gasteiger partial charge in [-0.3, -0.25) is 9.59 Å². The summed E-state index contributed by atoms with van der Waals surface area (Å²) in [6, 6.07) is 4.30. The zero-order valence-electron chi connectivity index (χ0n) is 12.1. The SMILES string of the molecule is CC(=O)N1CCC(C(=O)Nc2ccc(C(=O)O)c(Cl)c2)CC1. The first-order valence-electron chi connectivity index (χ1n) is 6.97. The van der Waals surface area contributed by atoms with Gasteiger partial charge in [0.15, 0.2) is 0 Å². The van der Waals surface area contributed by atoms with Crippen LogP contribution in [0.5, 0.6) is 0 Å². The Hall–Kier alpha value is -2.08. The number of likely N-dealkylation sites (tertiary alicyclic amines) is 1. The third kappa shape index (κ3) is 3.76. The van der Waals surface area contributed by atoms with Crippen LogP contribution in [0.1, 0.15) is 30.1 Å². The molecule has 6 nitrogen and oxygen atoms in total. The lowest BCUT2D eigenvalue weighted by atomic mass is 9.96. The van der Waals surface area contributed by atoms with Gasteiger partial charge in [-0.05, 0) is 31.0 Å². The second-order valence-corrected chi connectivity index (χ2v) is 5.68. The van der Waals surface area contributed by atoms with Gasteiger partial charge in [0, 0.05) is 31.6 Å². The number of hydrogen-bond donors (Lipinski definition) is 2. The van der Waals surface area contributed by atoms with Crippen molar-refractivity contribution < 1.29 is 19.5 Å². The standard InChI is InChI=1S/C15H17ClN2O4/c1-9(19)18-6-4-10(5-7-18)14(20)17-11-2-3-12(15(21)22)13(16)8-11/h2-3,8,10H,4-7H2,1H3,(H,17,20)(H,21,22). The van der Waals surface area contributed by atoms with Crippen molar-refractivity contribution in [3.63, 3.8) is 0 Å². The van der Waals surface area contributed by atoms with E-state index in [0.717, 1.165) is 0 Å². The van der Waals surface area contributed by atoms with Gasteiger partial charge in [-0.1, -0.05) is 11.6 Å². The highest BCUT2D eigenvalue weighted by atomic mass is 35.5. The van der Waals surface area contributed by atoms with Crippen LogP contribution in [0.4, 0.5) is 5.69 Å². The van der Waals surface area contributed by atoms with Crippen molar-refractivity contribution in [2.24, 2.45) is 5.92 Å². The van der Waals surface area contributed by atoms with E-state index in [1.165, 1.54) is 25.1 Å². The monoisotopic (exact) mass is 324 g/mol. The second-order valence-electron chi connectivity index (χ2n) is 5.27. The minimum absolute atomic E-state index is 0.00516. The number of carboxylic acids is 1. The lowest BCUT2D eigenvalue weighted by molar-refractivity contribution is -0.132. The zero-order valence-corrected chi connectivity index (χ0v) is 12.9. The number of rotatable bonds is 3. The van der Waals surface area contributed by atoms with Crippen molar-refractivity contribution in [3.05, 3.63) is 28.8 Å². The number of benzene rings is 1. The molecule has 1 heterocycles. The summed E-state index contributed by atoms with van der Waals surface area (Å²) in [5.74, 6) is -1.38. The summed E-state index contributed by atoms with van der Waals surface area (Å²) >= 11 is 5.87. The quantitative estimate of drug-likeness (QED) is 0.892. The first kappa shape index (κ1) is 16.3. The number of carbonyl (C=O) groups is 3. The highest BCUT2D eigenvalue weighted by Gasteiger charge is 2.26. The number of nitrogens with one attached hydrogen (secondary N) is 1. The summed E-state index contributed by atoms with van der Waals surface area (Å²) in [5, 5.41) is 11.7. The van der Waals surface area contributed by atoms with Crippen LogP contribution in [-0.4, -0.2) is 40.9 Å². The van der Waals surface area contributed by atoms with Gasteiger partial charge in [-0.15, -0.1) is 0 Å². The predicted molar refractivity (Wildman–Crippen MR) is 82.0 cm³/mol. The molecular weight excluding hydrogens is 308 g/mol. The molecular formula is C15H17ClN2O4. The molecule has 1 fully saturated rings. The van der Waals surface area contributed by atoms with Crippen molar-refractivity contribution in [2.45, 2.75) is 19.8 Å². The van der Waals surface area contributed by atoms with Gasteiger partial charge in [-0.25, -0.2) is 4.79 Å². The molecule has 0 aromatic heterocycles. The van der Waals surface area contributed by atoms with E-state index in [9.17, 15) is 14.4 Å². The topological polar surface area (TPSA) is 86.7 Å². The highest BCUT2D eigenvalue weighted by molar-refractivity contribution is 6.33. The van der Waals surface area contributed by atoms with E-state index in [1.54, 1.807) is 4.90 Å². The molecule has 22 heavy (non-hydrogen) atoms. The fourth-order valence-corrected chi connectivity index (χ4v) is 2.73. The van der Waals surface area contributed by atoms with E-state index in [0.29, 0.717) is 31.6 Å². The highest BCUT2D eigenvalue weighted by Crippen LogP contribution is 2.23. The number of aromatic carboxylic acids is 1. The number of anilines is 1. The molecule has 1 aliphatic heterocycles. The molecule has 1 saturated heterocycles. The van der Waals surface area contributed by atoms with Crippen molar-refractivity contribution in [1.29, 1.82) is 0 Å². The minimum Gasteiger partial charge on any atom is -0.478 e. The summed E-state index contributed by atoms with van der Waals surface area (Å²) in [5.41, 5.74) is 0.462. The van der Waals surface area contributed by atoms with Gasteiger partial charge >= 0.3 is 5.97 Å². The molecule has 2 rings (SSSR count). The third-order valence-electron chi connectivity index (χ3n) is 3.78. The Labute approximate surface area is 133 Å². The normalized spacial score (nSPS) is 15.5. The largest absolute Gasteiger partial charge is 0.478 e. The molecule has 0 unspecified atom stereocenters. The molecule has 2 amide bonds. The molecule has 0 bridgehead atoms. The Bertz CT molecular complexity index is 610. The number of hydrogen-bond acceptors (Lipinski definition) is 3. The van der Waals surface area contributed by atoms with Crippen LogP contribution >= 0.6 is 11.6 Å². The summed E-state index contributed by atoms with van der Waals surface area (Å²) in [7, 11) is 0. The van der Waals surface area contributed by atoms with Crippen LogP contribution in [0.15, 0.2) is 18.2 Å². The zero-order chi connectivity index (χ0) is 16.3. The lowest BCUT2D eigenvalue weighted by Crippen LogP contribution is -2.40. The minimum atomic E-state index is -1.11. The first-order chi connectivity index (χ1) is 10.4. The van der Waals surface area contributed by atoms with E-state index in [4.69, 9.17) is 16.7 Å². The summed E-state index contributed by atoms with van der Waals surface area (Å²) in [6.07, 6.45) is 1.23. The molecule has 0 saturated carbocycles. The van der Waals surface area contributed by atoms with Crippen LogP contribution in [0, 0.1) is 5.92 Å². The molecule has 0 spiro atoms. The van der Waals surface area contributed by atoms with Crippen LogP contribution in [-0.2, 0) is 9.59 Å².